The Morgan fingerprint density at radius 2 is 2.25 bits per heavy atom. The first-order valence-electron chi connectivity index (χ1n) is 6.21. The van der Waals surface area contributed by atoms with Gasteiger partial charge in [-0.25, -0.2) is 14.8 Å². The number of pyridine rings is 1. The summed E-state index contributed by atoms with van der Waals surface area (Å²) >= 11 is 3.38. The number of nitrogens with zero attached hydrogens (tertiary/aromatic N) is 3. The molecular formula is C14H12BrN3O2. The molecule has 0 unspecified atom stereocenters. The minimum Gasteiger partial charge on any atom is -0.462 e. The third-order valence-electron chi connectivity index (χ3n) is 3.03. The topological polar surface area (TPSA) is 56.5 Å². The first kappa shape index (κ1) is 13.1. The van der Waals surface area contributed by atoms with Gasteiger partial charge in [-0.1, -0.05) is 0 Å². The highest BCUT2D eigenvalue weighted by molar-refractivity contribution is 9.10. The number of esters is 1. The van der Waals surface area contributed by atoms with E-state index in [1.54, 1.807) is 25.4 Å². The van der Waals surface area contributed by atoms with Crippen LogP contribution in [0.5, 0.6) is 0 Å². The fourth-order valence-corrected chi connectivity index (χ4v) is 2.49. The van der Waals surface area contributed by atoms with Crippen LogP contribution in [0.2, 0.25) is 0 Å². The van der Waals surface area contributed by atoms with E-state index < -0.39 is 0 Å². The predicted molar refractivity (Wildman–Crippen MR) is 78.9 cm³/mol. The Morgan fingerprint density at radius 3 is 3.00 bits per heavy atom. The molecule has 0 saturated carbocycles. The van der Waals surface area contributed by atoms with E-state index >= 15 is 0 Å². The standard InChI is InChI=1S/C14H12BrN3O2/c1-3-20-14(19)9-4-12-8(2)17-11-5-10(15)6-16-13(11)18(12)7-9/h4-7H,3H2,1-2H3. The molecule has 3 aromatic heterocycles. The molecule has 0 spiro atoms. The molecule has 0 radical (unpaired) electrons. The van der Waals surface area contributed by atoms with Gasteiger partial charge in [0, 0.05) is 16.9 Å². The summed E-state index contributed by atoms with van der Waals surface area (Å²) in [5, 5.41) is 0. The maximum Gasteiger partial charge on any atom is 0.339 e. The molecule has 20 heavy (non-hydrogen) atoms. The fourth-order valence-electron chi connectivity index (χ4n) is 2.17. The van der Waals surface area contributed by atoms with E-state index in [9.17, 15) is 4.79 Å². The van der Waals surface area contributed by atoms with Crippen molar-refractivity contribution < 1.29 is 9.53 Å². The van der Waals surface area contributed by atoms with Crippen molar-refractivity contribution >= 4 is 38.6 Å². The minimum absolute atomic E-state index is 0.333. The summed E-state index contributed by atoms with van der Waals surface area (Å²) in [6.07, 6.45) is 3.45. The second-order valence-corrected chi connectivity index (χ2v) is 5.31. The number of hydrogen-bond donors (Lipinski definition) is 0. The Labute approximate surface area is 123 Å². The van der Waals surface area contributed by atoms with Gasteiger partial charge in [0.15, 0.2) is 5.65 Å². The molecule has 6 heteroatoms. The lowest BCUT2D eigenvalue weighted by molar-refractivity contribution is 0.0526. The van der Waals surface area contributed by atoms with Crippen LogP contribution in [0.1, 0.15) is 23.0 Å². The van der Waals surface area contributed by atoms with Gasteiger partial charge in [0.1, 0.15) is 5.52 Å². The highest BCUT2D eigenvalue weighted by atomic mass is 79.9. The lowest BCUT2D eigenvalue weighted by Crippen LogP contribution is -2.02. The van der Waals surface area contributed by atoms with E-state index in [1.165, 1.54) is 0 Å². The van der Waals surface area contributed by atoms with E-state index in [0.717, 1.165) is 21.2 Å². The SMILES string of the molecule is CCOC(=O)c1cc2c(C)nc3cc(Br)cnc3n2c1. The summed E-state index contributed by atoms with van der Waals surface area (Å²) in [4.78, 5) is 20.7. The second kappa shape index (κ2) is 4.86. The van der Waals surface area contributed by atoms with Gasteiger partial charge in [-0.15, -0.1) is 0 Å². The third kappa shape index (κ3) is 2.06. The minimum atomic E-state index is -0.333. The predicted octanol–water partition coefficient (Wildman–Crippen LogP) is 3.13. The van der Waals surface area contributed by atoms with Crippen LogP contribution in [0.3, 0.4) is 0 Å². The third-order valence-corrected chi connectivity index (χ3v) is 3.47. The van der Waals surface area contributed by atoms with E-state index in [4.69, 9.17) is 4.74 Å². The molecule has 0 amide bonds. The lowest BCUT2D eigenvalue weighted by Gasteiger charge is -2.04. The van der Waals surface area contributed by atoms with Gasteiger partial charge in [-0.05, 0) is 41.9 Å². The van der Waals surface area contributed by atoms with Crippen molar-refractivity contribution in [3.63, 3.8) is 0 Å². The molecule has 0 aliphatic heterocycles. The average molecular weight is 334 g/mol. The number of aryl methyl sites for hydroxylation is 1. The molecule has 5 nitrogen and oxygen atoms in total. The molecule has 0 aliphatic carbocycles. The van der Waals surface area contributed by atoms with Crippen molar-refractivity contribution in [2.75, 3.05) is 6.61 Å². The van der Waals surface area contributed by atoms with Crippen molar-refractivity contribution in [3.8, 4) is 0 Å². The van der Waals surface area contributed by atoms with Gasteiger partial charge in [-0.3, -0.25) is 4.40 Å². The number of fused-ring (bicyclic) bond motifs is 3. The Morgan fingerprint density at radius 1 is 1.45 bits per heavy atom. The number of carbonyl (C=O) groups excluding carboxylic acids is 1. The quantitative estimate of drug-likeness (QED) is 0.676. The van der Waals surface area contributed by atoms with Crippen LogP contribution >= 0.6 is 15.9 Å². The maximum atomic E-state index is 11.8. The Hall–Kier alpha value is -1.95. The number of halogens is 1. The van der Waals surface area contributed by atoms with Crippen LogP contribution < -0.4 is 0 Å². The van der Waals surface area contributed by atoms with Gasteiger partial charge >= 0.3 is 5.97 Å². The first-order valence-corrected chi connectivity index (χ1v) is 7.00. The van der Waals surface area contributed by atoms with Crippen LogP contribution in [-0.2, 0) is 4.74 Å². The molecule has 0 aromatic carbocycles. The number of aromatic nitrogens is 3. The van der Waals surface area contributed by atoms with Gasteiger partial charge < -0.3 is 4.74 Å². The zero-order chi connectivity index (χ0) is 14.3. The molecule has 3 aromatic rings. The molecule has 0 bridgehead atoms. The summed E-state index contributed by atoms with van der Waals surface area (Å²) < 4.78 is 7.77. The molecule has 0 fully saturated rings. The van der Waals surface area contributed by atoms with Gasteiger partial charge in [0.2, 0.25) is 0 Å². The van der Waals surface area contributed by atoms with E-state index in [2.05, 4.69) is 25.9 Å². The normalized spacial score (nSPS) is 11.2. The largest absolute Gasteiger partial charge is 0.462 e. The van der Waals surface area contributed by atoms with Gasteiger partial charge in [-0.2, -0.15) is 0 Å². The van der Waals surface area contributed by atoms with Crippen molar-refractivity contribution in [1.82, 2.24) is 14.4 Å². The van der Waals surface area contributed by atoms with Crippen molar-refractivity contribution in [2.45, 2.75) is 13.8 Å². The summed E-state index contributed by atoms with van der Waals surface area (Å²) in [5.41, 5.74) is 3.69. The van der Waals surface area contributed by atoms with E-state index in [-0.39, 0.29) is 5.97 Å². The Balaban J connectivity index is 2.29. The van der Waals surface area contributed by atoms with Crippen LogP contribution in [-0.4, -0.2) is 26.9 Å². The molecule has 0 atom stereocenters. The monoisotopic (exact) mass is 333 g/mol. The average Bonchev–Trinajstić information content (AvgIpc) is 2.84. The zero-order valence-electron chi connectivity index (χ0n) is 11.1. The van der Waals surface area contributed by atoms with E-state index in [0.29, 0.717) is 17.8 Å². The zero-order valence-corrected chi connectivity index (χ0v) is 12.6. The highest BCUT2D eigenvalue weighted by Gasteiger charge is 2.14. The van der Waals surface area contributed by atoms with E-state index in [1.807, 2.05) is 17.4 Å². The second-order valence-electron chi connectivity index (χ2n) is 4.40. The number of carbonyl (C=O) groups is 1. The first-order chi connectivity index (χ1) is 9.60. The van der Waals surface area contributed by atoms with Crippen molar-refractivity contribution in [1.29, 1.82) is 0 Å². The summed E-state index contributed by atoms with van der Waals surface area (Å²) in [7, 11) is 0. The molecule has 0 N–H and O–H groups in total. The fraction of sp³-hybridized carbons (Fsp3) is 0.214. The molecule has 102 valence electrons. The van der Waals surface area contributed by atoms with Crippen molar-refractivity contribution in [2.24, 2.45) is 0 Å². The Bertz CT molecular complexity index is 826. The highest BCUT2D eigenvalue weighted by Crippen LogP contribution is 2.21. The summed E-state index contributed by atoms with van der Waals surface area (Å²) in [6, 6.07) is 3.68. The smallest absolute Gasteiger partial charge is 0.339 e. The molecule has 3 heterocycles. The Kier molecular flexibility index (Phi) is 3.17. The van der Waals surface area contributed by atoms with Gasteiger partial charge in [0.25, 0.3) is 0 Å². The van der Waals surface area contributed by atoms with Crippen molar-refractivity contribution in [3.05, 3.63) is 40.3 Å². The molecule has 0 aliphatic rings. The van der Waals surface area contributed by atoms with Crippen LogP contribution in [0, 0.1) is 6.92 Å². The van der Waals surface area contributed by atoms with Gasteiger partial charge in [0.05, 0.1) is 23.4 Å². The number of rotatable bonds is 2. The summed E-state index contributed by atoms with van der Waals surface area (Å²) in [5.74, 6) is -0.333. The summed E-state index contributed by atoms with van der Waals surface area (Å²) in [6.45, 7) is 4.05. The molecule has 0 saturated heterocycles. The lowest BCUT2D eigenvalue weighted by atomic mass is 10.3. The number of ether oxygens (including phenoxy) is 1. The molecular weight excluding hydrogens is 322 g/mol. The maximum absolute atomic E-state index is 11.8. The van der Waals surface area contributed by atoms with Crippen LogP contribution in [0.15, 0.2) is 29.0 Å². The number of hydrogen-bond acceptors (Lipinski definition) is 4. The van der Waals surface area contributed by atoms with Crippen LogP contribution in [0.4, 0.5) is 0 Å². The van der Waals surface area contributed by atoms with Crippen LogP contribution in [0.25, 0.3) is 16.7 Å². The molecule has 3 rings (SSSR count).